The number of hydrogen-bond acceptors (Lipinski definition) is 4. The second-order valence-corrected chi connectivity index (χ2v) is 6.29. The van der Waals surface area contributed by atoms with Crippen molar-refractivity contribution in [3.8, 4) is 5.69 Å². The SMILES string of the molecule is Cc1cc(NC(=O)c2ccc(=O)n(C)n2)n(-c2cc(C(F)(F)F)ccc2Cl)n1. The van der Waals surface area contributed by atoms with Crippen LogP contribution in [0.2, 0.25) is 5.02 Å². The molecule has 0 radical (unpaired) electrons. The van der Waals surface area contributed by atoms with Crippen LogP contribution in [-0.2, 0) is 13.2 Å². The molecule has 2 heterocycles. The van der Waals surface area contributed by atoms with Gasteiger partial charge in [-0.1, -0.05) is 11.6 Å². The van der Waals surface area contributed by atoms with E-state index in [4.69, 9.17) is 11.6 Å². The third-order valence-corrected chi connectivity index (χ3v) is 4.09. The lowest BCUT2D eigenvalue weighted by molar-refractivity contribution is -0.137. The molecule has 1 amide bonds. The Bertz CT molecular complexity index is 1120. The molecule has 0 aliphatic heterocycles. The largest absolute Gasteiger partial charge is 0.416 e. The fraction of sp³-hybridized carbons (Fsp3) is 0.176. The van der Waals surface area contributed by atoms with Gasteiger partial charge in [0.25, 0.3) is 11.5 Å². The molecule has 0 fully saturated rings. The molecule has 0 spiro atoms. The number of nitrogens with one attached hydrogen (secondary N) is 1. The molecule has 3 rings (SSSR count). The quantitative estimate of drug-likeness (QED) is 0.717. The summed E-state index contributed by atoms with van der Waals surface area (Å²) in [5.74, 6) is -0.570. The van der Waals surface area contributed by atoms with Crippen LogP contribution in [-0.4, -0.2) is 25.5 Å². The third-order valence-electron chi connectivity index (χ3n) is 3.77. The topological polar surface area (TPSA) is 81.8 Å². The smallest absolute Gasteiger partial charge is 0.305 e. The number of amides is 1. The minimum atomic E-state index is -4.57. The molecule has 0 aliphatic carbocycles. The van der Waals surface area contributed by atoms with Crippen molar-refractivity contribution in [1.82, 2.24) is 19.6 Å². The number of nitrogens with zero attached hydrogens (tertiary/aromatic N) is 4. The van der Waals surface area contributed by atoms with E-state index in [1.165, 1.54) is 25.2 Å². The van der Waals surface area contributed by atoms with Gasteiger partial charge in [0.2, 0.25) is 0 Å². The highest BCUT2D eigenvalue weighted by atomic mass is 35.5. The molecule has 28 heavy (non-hydrogen) atoms. The lowest BCUT2D eigenvalue weighted by Crippen LogP contribution is -2.24. The summed E-state index contributed by atoms with van der Waals surface area (Å²) in [4.78, 5) is 23.8. The van der Waals surface area contributed by atoms with E-state index < -0.39 is 23.2 Å². The average Bonchev–Trinajstić information content (AvgIpc) is 2.96. The fourth-order valence-corrected chi connectivity index (χ4v) is 2.62. The summed E-state index contributed by atoms with van der Waals surface area (Å²) in [6, 6.07) is 6.69. The van der Waals surface area contributed by atoms with Crippen LogP contribution >= 0.6 is 11.6 Å². The Morgan fingerprint density at radius 1 is 1.14 bits per heavy atom. The van der Waals surface area contributed by atoms with E-state index >= 15 is 0 Å². The molecule has 1 aromatic carbocycles. The molecule has 1 N–H and O–H groups in total. The summed E-state index contributed by atoms with van der Waals surface area (Å²) in [6.07, 6.45) is -4.57. The van der Waals surface area contributed by atoms with Gasteiger partial charge in [-0.15, -0.1) is 0 Å². The zero-order chi connectivity index (χ0) is 20.6. The molecule has 146 valence electrons. The number of anilines is 1. The van der Waals surface area contributed by atoms with Gasteiger partial charge >= 0.3 is 6.18 Å². The molecule has 3 aromatic rings. The second kappa shape index (κ2) is 7.12. The maximum atomic E-state index is 13.0. The van der Waals surface area contributed by atoms with Crippen LogP contribution in [0.1, 0.15) is 21.7 Å². The van der Waals surface area contributed by atoms with Gasteiger partial charge in [-0.3, -0.25) is 9.59 Å². The number of carbonyl (C=O) groups excluding carboxylic acids is 1. The summed E-state index contributed by atoms with van der Waals surface area (Å²) in [5.41, 5.74) is -0.960. The van der Waals surface area contributed by atoms with E-state index in [9.17, 15) is 22.8 Å². The van der Waals surface area contributed by atoms with Gasteiger partial charge in [0.15, 0.2) is 0 Å². The number of alkyl halides is 3. The predicted molar refractivity (Wildman–Crippen MR) is 95.7 cm³/mol. The summed E-state index contributed by atoms with van der Waals surface area (Å²) < 4.78 is 41.2. The molecule has 0 unspecified atom stereocenters. The highest BCUT2D eigenvalue weighted by Crippen LogP contribution is 2.34. The molecule has 0 atom stereocenters. The van der Waals surface area contributed by atoms with Gasteiger partial charge in [0, 0.05) is 19.2 Å². The first-order chi connectivity index (χ1) is 13.1. The Labute approximate surface area is 161 Å². The maximum absolute atomic E-state index is 13.0. The van der Waals surface area contributed by atoms with Crippen molar-refractivity contribution in [2.75, 3.05) is 5.32 Å². The van der Waals surface area contributed by atoms with E-state index in [1.54, 1.807) is 6.92 Å². The minimum Gasteiger partial charge on any atom is -0.305 e. The van der Waals surface area contributed by atoms with Crippen LogP contribution in [0.5, 0.6) is 0 Å². The first-order valence-corrected chi connectivity index (χ1v) is 8.23. The summed E-state index contributed by atoms with van der Waals surface area (Å²) in [6.45, 7) is 1.61. The van der Waals surface area contributed by atoms with E-state index in [0.717, 1.165) is 27.6 Å². The monoisotopic (exact) mass is 411 g/mol. The van der Waals surface area contributed by atoms with Crippen molar-refractivity contribution >= 4 is 23.3 Å². The Balaban J connectivity index is 2.01. The normalized spacial score (nSPS) is 11.5. The average molecular weight is 412 g/mol. The number of benzene rings is 1. The van der Waals surface area contributed by atoms with E-state index in [1.807, 2.05) is 0 Å². The zero-order valence-electron chi connectivity index (χ0n) is 14.6. The Morgan fingerprint density at radius 2 is 1.86 bits per heavy atom. The zero-order valence-corrected chi connectivity index (χ0v) is 15.3. The molecule has 2 aromatic heterocycles. The first-order valence-electron chi connectivity index (χ1n) is 7.86. The van der Waals surface area contributed by atoms with Gasteiger partial charge in [0.05, 0.1) is 22.0 Å². The summed E-state index contributed by atoms with van der Waals surface area (Å²) in [7, 11) is 1.38. The van der Waals surface area contributed by atoms with Crippen LogP contribution in [0, 0.1) is 6.92 Å². The summed E-state index contributed by atoms with van der Waals surface area (Å²) in [5, 5.41) is 10.5. The molecular formula is C17H13ClF3N5O2. The first kappa shape index (κ1) is 19.6. The standard InChI is InChI=1S/C17H13ClF3N5O2/c1-9-7-14(22-16(28)12-5-6-15(27)25(2)24-12)26(23-9)13-8-10(17(19,20)21)3-4-11(13)18/h3-8H,1-2H3,(H,22,28). The Morgan fingerprint density at radius 3 is 2.50 bits per heavy atom. The lowest BCUT2D eigenvalue weighted by atomic mass is 10.2. The fourth-order valence-electron chi connectivity index (χ4n) is 2.43. The molecule has 11 heteroatoms. The Kier molecular flexibility index (Phi) is 4.99. The highest BCUT2D eigenvalue weighted by molar-refractivity contribution is 6.32. The number of aromatic nitrogens is 4. The number of hydrogen-bond donors (Lipinski definition) is 1. The molecule has 0 saturated carbocycles. The van der Waals surface area contributed by atoms with Gasteiger partial charge in [0.1, 0.15) is 11.5 Å². The lowest BCUT2D eigenvalue weighted by Gasteiger charge is -2.13. The van der Waals surface area contributed by atoms with Crippen molar-refractivity contribution in [2.45, 2.75) is 13.1 Å². The minimum absolute atomic E-state index is 0.0202. The molecule has 7 nitrogen and oxygen atoms in total. The number of aryl methyl sites for hydroxylation is 2. The van der Waals surface area contributed by atoms with E-state index in [-0.39, 0.29) is 22.2 Å². The third kappa shape index (κ3) is 3.91. The molecular weight excluding hydrogens is 399 g/mol. The van der Waals surface area contributed by atoms with Crippen LogP contribution in [0.25, 0.3) is 5.69 Å². The van der Waals surface area contributed by atoms with Crippen molar-refractivity contribution in [1.29, 1.82) is 0 Å². The van der Waals surface area contributed by atoms with Gasteiger partial charge in [-0.2, -0.15) is 23.4 Å². The van der Waals surface area contributed by atoms with Crippen LogP contribution in [0.4, 0.5) is 19.0 Å². The highest BCUT2D eigenvalue weighted by Gasteiger charge is 2.31. The van der Waals surface area contributed by atoms with Gasteiger partial charge in [-0.25, -0.2) is 9.36 Å². The number of carbonyl (C=O) groups is 1. The van der Waals surface area contributed by atoms with Gasteiger partial charge in [-0.05, 0) is 31.2 Å². The van der Waals surface area contributed by atoms with Crippen molar-refractivity contribution in [2.24, 2.45) is 7.05 Å². The summed E-state index contributed by atoms with van der Waals surface area (Å²) >= 11 is 6.06. The van der Waals surface area contributed by atoms with E-state index in [2.05, 4.69) is 15.5 Å². The van der Waals surface area contributed by atoms with Gasteiger partial charge < -0.3 is 5.32 Å². The van der Waals surface area contributed by atoms with Crippen molar-refractivity contribution in [3.63, 3.8) is 0 Å². The van der Waals surface area contributed by atoms with Crippen molar-refractivity contribution in [3.05, 3.63) is 68.7 Å². The van der Waals surface area contributed by atoms with E-state index in [0.29, 0.717) is 5.69 Å². The Hall–Kier alpha value is -3.14. The van der Waals surface area contributed by atoms with Crippen LogP contribution < -0.4 is 10.9 Å². The van der Waals surface area contributed by atoms with Crippen LogP contribution in [0.15, 0.2) is 41.2 Å². The molecule has 0 bridgehead atoms. The number of rotatable bonds is 3. The maximum Gasteiger partial charge on any atom is 0.416 e. The van der Waals surface area contributed by atoms with Crippen molar-refractivity contribution < 1.29 is 18.0 Å². The number of halogens is 4. The molecule has 0 aliphatic rings. The predicted octanol–water partition coefficient (Wildman–Crippen LogP) is 3.20. The molecule has 0 saturated heterocycles. The second-order valence-electron chi connectivity index (χ2n) is 5.88. The van der Waals surface area contributed by atoms with Crippen LogP contribution in [0.3, 0.4) is 0 Å².